The van der Waals surface area contributed by atoms with E-state index in [9.17, 15) is 10.2 Å². The molecule has 0 aliphatic heterocycles. The molecule has 3 aromatic heterocycles. The van der Waals surface area contributed by atoms with Crippen molar-refractivity contribution < 1.29 is 10.2 Å². The van der Waals surface area contributed by atoms with Crippen molar-refractivity contribution in [1.82, 2.24) is 19.9 Å². The zero-order valence-corrected chi connectivity index (χ0v) is 14.1. The van der Waals surface area contributed by atoms with Crippen LogP contribution >= 0.6 is 11.3 Å². The van der Waals surface area contributed by atoms with Crippen LogP contribution in [-0.2, 0) is 0 Å². The summed E-state index contributed by atoms with van der Waals surface area (Å²) in [6, 6.07) is 1.93. The molecule has 5 N–H and O–H groups in total. The lowest BCUT2D eigenvalue weighted by molar-refractivity contribution is 0.0908. The smallest absolute Gasteiger partial charge is 0.221 e. The summed E-state index contributed by atoms with van der Waals surface area (Å²) in [5.41, 5.74) is 7.34. The molecule has 9 heteroatoms. The highest BCUT2D eigenvalue weighted by molar-refractivity contribution is 7.21. The SMILES string of the molecule is Nc1ncc(-c2nc3cnccc3s2)c(NC2CC(O)C(CO)C2)n1. The number of aliphatic hydroxyl groups excluding tert-OH is 2. The topological polar surface area (TPSA) is 130 Å². The van der Waals surface area contributed by atoms with Crippen LogP contribution in [-0.4, -0.2) is 48.9 Å². The molecule has 3 atom stereocenters. The summed E-state index contributed by atoms with van der Waals surface area (Å²) in [6.07, 6.45) is 5.82. The number of rotatable bonds is 4. The number of hydrogen-bond acceptors (Lipinski definition) is 9. The number of nitrogens with one attached hydrogen (secondary N) is 1. The Kier molecular flexibility index (Phi) is 4.20. The Labute approximate surface area is 147 Å². The van der Waals surface area contributed by atoms with E-state index in [1.807, 2.05) is 6.07 Å². The fraction of sp³-hybridized carbons (Fsp3) is 0.375. The van der Waals surface area contributed by atoms with E-state index >= 15 is 0 Å². The van der Waals surface area contributed by atoms with Crippen LogP contribution in [0.4, 0.5) is 11.8 Å². The number of thiazole rings is 1. The molecule has 1 fully saturated rings. The molecule has 0 amide bonds. The third-order valence-electron chi connectivity index (χ3n) is 4.46. The van der Waals surface area contributed by atoms with E-state index in [-0.39, 0.29) is 24.5 Å². The molecule has 3 unspecified atom stereocenters. The zero-order chi connectivity index (χ0) is 17.4. The van der Waals surface area contributed by atoms with Gasteiger partial charge in [0.15, 0.2) is 0 Å². The Morgan fingerprint density at radius 3 is 2.92 bits per heavy atom. The van der Waals surface area contributed by atoms with Gasteiger partial charge >= 0.3 is 0 Å². The van der Waals surface area contributed by atoms with Gasteiger partial charge in [0.2, 0.25) is 5.95 Å². The first-order valence-corrected chi connectivity index (χ1v) is 8.84. The first kappa shape index (κ1) is 16.1. The van der Waals surface area contributed by atoms with Gasteiger partial charge in [-0.1, -0.05) is 0 Å². The van der Waals surface area contributed by atoms with E-state index in [1.54, 1.807) is 18.6 Å². The Hall–Kier alpha value is -2.36. The summed E-state index contributed by atoms with van der Waals surface area (Å²) in [7, 11) is 0. The summed E-state index contributed by atoms with van der Waals surface area (Å²) in [6.45, 7) is -0.0248. The molecule has 0 radical (unpaired) electrons. The van der Waals surface area contributed by atoms with E-state index in [1.165, 1.54) is 11.3 Å². The highest BCUT2D eigenvalue weighted by atomic mass is 32.1. The lowest BCUT2D eigenvalue weighted by atomic mass is 10.1. The normalized spacial score (nSPS) is 23.2. The van der Waals surface area contributed by atoms with Gasteiger partial charge in [-0.15, -0.1) is 11.3 Å². The summed E-state index contributed by atoms with van der Waals surface area (Å²) in [4.78, 5) is 17.1. The average molecular weight is 358 g/mol. The molecule has 8 nitrogen and oxygen atoms in total. The first-order valence-electron chi connectivity index (χ1n) is 8.03. The maximum absolute atomic E-state index is 10.00. The number of pyridine rings is 1. The molecule has 3 heterocycles. The fourth-order valence-electron chi connectivity index (χ4n) is 3.17. The molecule has 1 aliphatic carbocycles. The molecule has 1 saturated carbocycles. The number of anilines is 2. The minimum atomic E-state index is -0.515. The molecule has 0 bridgehead atoms. The highest BCUT2D eigenvalue weighted by Crippen LogP contribution is 2.35. The Balaban J connectivity index is 1.67. The fourth-order valence-corrected chi connectivity index (χ4v) is 4.11. The van der Waals surface area contributed by atoms with Gasteiger partial charge in [0, 0.05) is 31.0 Å². The predicted molar refractivity (Wildman–Crippen MR) is 96.1 cm³/mol. The van der Waals surface area contributed by atoms with Gasteiger partial charge in [-0.25, -0.2) is 9.97 Å². The average Bonchev–Trinajstić information content (AvgIpc) is 3.17. The van der Waals surface area contributed by atoms with Gasteiger partial charge in [-0.3, -0.25) is 4.98 Å². The molecule has 4 rings (SSSR count). The van der Waals surface area contributed by atoms with Gasteiger partial charge < -0.3 is 21.3 Å². The van der Waals surface area contributed by atoms with Gasteiger partial charge in [0.1, 0.15) is 16.3 Å². The Bertz CT molecular complexity index is 868. The van der Waals surface area contributed by atoms with Gasteiger partial charge in [0.25, 0.3) is 0 Å². The summed E-state index contributed by atoms with van der Waals surface area (Å²) < 4.78 is 1.03. The van der Waals surface area contributed by atoms with Crippen LogP contribution in [0.3, 0.4) is 0 Å². The van der Waals surface area contributed by atoms with Crippen molar-refractivity contribution in [3.63, 3.8) is 0 Å². The second-order valence-corrected chi connectivity index (χ2v) is 7.21. The van der Waals surface area contributed by atoms with Crippen LogP contribution < -0.4 is 11.1 Å². The van der Waals surface area contributed by atoms with Crippen LogP contribution in [0, 0.1) is 5.92 Å². The third kappa shape index (κ3) is 3.13. The number of nitrogen functional groups attached to an aromatic ring is 1. The van der Waals surface area contributed by atoms with E-state index in [2.05, 4.69) is 25.3 Å². The maximum Gasteiger partial charge on any atom is 0.221 e. The van der Waals surface area contributed by atoms with Gasteiger partial charge in [-0.2, -0.15) is 4.98 Å². The first-order chi connectivity index (χ1) is 12.1. The molecule has 0 aromatic carbocycles. The van der Waals surface area contributed by atoms with Crippen molar-refractivity contribution in [2.45, 2.75) is 25.0 Å². The number of fused-ring (bicyclic) bond motifs is 1. The lowest BCUT2D eigenvalue weighted by Gasteiger charge is -2.15. The Morgan fingerprint density at radius 1 is 1.28 bits per heavy atom. The molecule has 25 heavy (non-hydrogen) atoms. The van der Waals surface area contributed by atoms with Gasteiger partial charge in [-0.05, 0) is 18.9 Å². The van der Waals surface area contributed by atoms with E-state index < -0.39 is 6.10 Å². The van der Waals surface area contributed by atoms with Crippen molar-refractivity contribution in [2.75, 3.05) is 17.7 Å². The lowest BCUT2D eigenvalue weighted by Crippen LogP contribution is -2.18. The molecule has 0 saturated heterocycles. The quantitative estimate of drug-likeness (QED) is 0.549. The number of hydrogen-bond donors (Lipinski definition) is 4. The maximum atomic E-state index is 10.00. The monoisotopic (exact) mass is 358 g/mol. The molecule has 1 aliphatic rings. The van der Waals surface area contributed by atoms with Crippen LogP contribution in [0.25, 0.3) is 20.8 Å². The van der Waals surface area contributed by atoms with Crippen molar-refractivity contribution in [3.05, 3.63) is 24.7 Å². The molecule has 3 aromatic rings. The van der Waals surface area contributed by atoms with E-state index in [0.29, 0.717) is 18.7 Å². The Morgan fingerprint density at radius 2 is 2.16 bits per heavy atom. The predicted octanol–water partition coefficient (Wildman–Crippen LogP) is 1.27. The van der Waals surface area contributed by atoms with E-state index in [4.69, 9.17) is 5.73 Å². The van der Waals surface area contributed by atoms with Crippen molar-refractivity contribution in [2.24, 2.45) is 5.92 Å². The van der Waals surface area contributed by atoms with Gasteiger partial charge in [0.05, 0.1) is 22.6 Å². The van der Waals surface area contributed by atoms with Crippen molar-refractivity contribution in [3.8, 4) is 10.6 Å². The number of nitrogens with zero attached hydrogens (tertiary/aromatic N) is 4. The number of aliphatic hydroxyl groups is 2. The summed E-state index contributed by atoms with van der Waals surface area (Å²) in [5.74, 6) is 0.648. The van der Waals surface area contributed by atoms with Crippen LogP contribution in [0.5, 0.6) is 0 Å². The van der Waals surface area contributed by atoms with Crippen LogP contribution in [0.1, 0.15) is 12.8 Å². The van der Waals surface area contributed by atoms with Crippen molar-refractivity contribution in [1.29, 1.82) is 0 Å². The highest BCUT2D eigenvalue weighted by Gasteiger charge is 2.33. The minimum absolute atomic E-state index is 0.0104. The summed E-state index contributed by atoms with van der Waals surface area (Å²) in [5, 5.41) is 23.4. The standard InChI is InChI=1S/C16H18N6O2S/c17-16-19-5-10(15-21-11-6-18-2-1-13(11)25-15)14(22-16)20-9-3-8(7-23)12(24)4-9/h1-2,5-6,8-9,12,23-24H,3-4,7H2,(H3,17,19,20,22). The molecule has 130 valence electrons. The van der Waals surface area contributed by atoms with Crippen molar-refractivity contribution >= 4 is 33.3 Å². The van der Waals surface area contributed by atoms with E-state index in [0.717, 1.165) is 20.8 Å². The van der Waals surface area contributed by atoms with Crippen LogP contribution in [0.2, 0.25) is 0 Å². The molecule has 0 spiro atoms. The van der Waals surface area contributed by atoms with Crippen LogP contribution in [0.15, 0.2) is 24.7 Å². The number of aromatic nitrogens is 4. The zero-order valence-electron chi connectivity index (χ0n) is 13.3. The minimum Gasteiger partial charge on any atom is -0.396 e. The second-order valence-electron chi connectivity index (χ2n) is 6.18. The second kappa shape index (κ2) is 6.51. The molecular formula is C16H18N6O2S. The largest absolute Gasteiger partial charge is 0.396 e. The number of nitrogens with two attached hydrogens (primary N) is 1. The third-order valence-corrected chi connectivity index (χ3v) is 5.53. The molecular weight excluding hydrogens is 340 g/mol. The summed E-state index contributed by atoms with van der Waals surface area (Å²) >= 11 is 1.53.